The zero-order chi connectivity index (χ0) is 14.2. The smallest absolute Gasteiger partial charge is 0.0223 e. The van der Waals surface area contributed by atoms with Gasteiger partial charge >= 0.3 is 0 Å². The van der Waals surface area contributed by atoms with E-state index in [0.29, 0.717) is 0 Å². The Morgan fingerprint density at radius 3 is 2.60 bits per heavy atom. The van der Waals surface area contributed by atoms with Crippen LogP contribution in [0.25, 0.3) is 0 Å². The summed E-state index contributed by atoms with van der Waals surface area (Å²) in [7, 11) is 4.35. The molecular formula is C17H35N3. The average Bonchev–Trinajstić information content (AvgIpc) is 2.70. The molecule has 3 nitrogen and oxygen atoms in total. The molecule has 0 bridgehead atoms. The molecule has 20 heavy (non-hydrogen) atoms. The van der Waals surface area contributed by atoms with Crippen LogP contribution in [-0.2, 0) is 0 Å². The molecule has 0 amide bonds. The van der Waals surface area contributed by atoms with Gasteiger partial charge in [0.2, 0.25) is 0 Å². The molecule has 0 radical (unpaired) electrons. The third-order valence-electron chi connectivity index (χ3n) is 5.06. The van der Waals surface area contributed by atoms with Gasteiger partial charge in [0.1, 0.15) is 0 Å². The minimum absolute atomic E-state index is 0.770. The van der Waals surface area contributed by atoms with E-state index < -0.39 is 0 Å². The molecule has 1 heterocycles. The molecule has 1 unspecified atom stereocenters. The summed E-state index contributed by atoms with van der Waals surface area (Å²) in [6.07, 6.45) is 11.4. The molecule has 2 rings (SSSR count). The average molecular weight is 281 g/mol. The van der Waals surface area contributed by atoms with E-state index in [1.54, 1.807) is 0 Å². The van der Waals surface area contributed by atoms with Gasteiger partial charge in [0, 0.05) is 12.6 Å². The lowest BCUT2D eigenvalue weighted by atomic mass is 9.83. The third-order valence-corrected chi connectivity index (χ3v) is 5.06. The maximum Gasteiger partial charge on any atom is 0.0223 e. The lowest BCUT2D eigenvalue weighted by Crippen LogP contribution is -2.43. The van der Waals surface area contributed by atoms with Gasteiger partial charge in [-0.1, -0.05) is 19.3 Å². The Balaban J connectivity index is 1.71. The van der Waals surface area contributed by atoms with Crippen molar-refractivity contribution in [3.63, 3.8) is 0 Å². The number of hydrogen-bond donors (Lipinski definition) is 1. The normalized spacial score (nSPS) is 26.9. The number of rotatable bonds is 6. The van der Waals surface area contributed by atoms with Crippen molar-refractivity contribution in [3.05, 3.63) is 0 Å². The molecule has 0 aromatic rings. The fraction of sp³-hybridized carbons (Fsp3) is 1.00. The molecule has 118 valence electrons. The van der Waals surface area contributed by atoms with Crippen molar-refractivity contribution in [2.24, 2.45) is 5.92 Å². The maximum absolute atomic E-state index is 3.84. The van der Waals surface area contributed by atoms with Crippen LogP contribution in [0.5, 0.6) is 0 Å². The van der Waals surface area contributed by atoms with Crippen LogP contribution in [0.1, 0.15) is 51.4 Å². The summed E-state index contributed by atoms with van der Waals surface area (Å²) in [5.74, 6) is 0.950. The molecule has 0 spiro atoms. The highest BCUT2D eigenvalue weighted by atomic mass is 15.2. The van der Waals surface area contributed by atoms with Crippen molar-refractivity contribution < 1.29 is 0 Å². The van der Waals surface area contributed by atoms with Gasteiger partial charge < -0.3 is 15.1 Å². The van der Waals surface area contributed by atoms with Crippen molar-refractivity contribution in [2.45, 2.75) is 57.4 Å². The maximum atomic E-state index is 3.84. The van der Waals surface area contributed by atoms with E-state index in [-0.39, 0.29) is 0 Å². The first-order valence-electron chi connectivity index (χ1n) is 8.86. The first-order valence-corrected chi connectivity index (χ1v) is 8.86. The van der Waals surface area contributed by atoms with Gasteiger partial charge in [0.25, 0.3) is 0 Å². The molecule has 1 atom stereocenters. The van der Waals surface area contributed by atoms with Crippen molar-refractivity contribution >= 4 is 0 Å². The van der Waals surface area contributed by atoms with Gasteiger partial charge in [-0.3, -0.25) is 0 Å². The highest BCUT2D eigenvalue weighted by Crippen LogP contribution is 2.27. The SMILES string of the molecule is CN(C)CCCCN1CCCNC(C2CCCCC2)C1. The predicted molar refractivity (Wildman–Crippen MR) is 87.2 cm³/mol. The first kappa shape index (κ1) is 16.3. The zero-order valence-electron chi connectivity index (χ0n) is 13.7. The standard InChI is InChI=1S/C17H35N3/c1-19(2)12-6-7-13-20-14-8-11-18-17(15-20)16-9-4-3-5-10-16/h16-18H,3-15H2,1-2H3. The second kappa shape index (κ2) is 9.01. The van der Waals surface area contributed by atoms with Crippen molar-refractivity contribution in [3.8, 4) is 0 Å². The molecule has 0 aromatic carbocycles. The van der Waals surface area contributed by atoms with E-state index in [2.05, 4.69) is 29.2 Å². The van der Waals surface area contributed by atoms with Crippen molar-refractivity contribution in [2.75, 3.05) is 46.8 Å². The summed E-state index contributed by atoms with van der Waals surface area (Å²) in [4.78, 5) is 5.03. The fourth-order valence-electron chi connectivity index (χ4n) is 3.84. The lowest BCUT2D eigenvalue weighted by Gasteiger charge is -2.33. The summed E-state index contributed by atoms with van der Waals surface area (Å²) in [5, 5.41) is 3.84. The van der Waals surface area contributed by atoms with Gasteiger partial charge in [0.15, 0.2) is 0 Å². The Morgan fingerprint density at radius 1 is 1.05 bits per heavy atom. The number of nitrogens with one attached hydrogen (secondary N) is 1. The number of nitrogens with zero attached hydrogens (tertiary/aromatic N) is 2. The quantitative estimate of drug-likeness (QED) is 0.755. The minimum Gasteiger partial charge on any atom is -0.312 e. The summed E-state index contributed by atoms with van der Waals surface area (Å²) in [6.45, 7) is 6.37. The first-order chi connectivity index (χ1) is 9.75. The Hall–Kier alpha value is -0.120. The van der Waals surface area contributed by atoms with E-state index in [0.717, 1.165) is 12.0 Å². The monoisotopic (exact) mass is 281 g/mol. The molecule has 2 aliphatic rings. The number of hydrogen-bond acceptors (Lipinski definition) is 3. The van der Waals surface area contributed by atoms with Crippen LogP contribution in [0.4, 0.5) is 0 Å². The summed E-state index contributed by atoms with van der Waals surface area (Å²) < 4.78 is 0. The fourth-order valence-corrected chi connectivity index (χ4v) is 3.84. The highest BCUT2D eigenvalue weighted by Gasteiger charge is 2.26. The van der Waals surface area contributed by atoms with Crippen LogP contribution in [0.2, 0.25) is 0 Å². The Morgan fingerprint density at radius 2 is 1.85 bits per heavy atom. The van der Waals surface area contributed by atoms with Crippen LogP contribution in [-0.4, -0.2) is 62.7 Å². The highest BCUT2D eigenvalue weighted by molar-refractivity contribution is 4.84. The van der Waals surface area contributed by atoms with Crippen LogP contribution >= 0.6 is 0 Å². The van der Waals surface area contributed by atoms with Gasteiger partial charge in [-0.25, -0.2) is 0 Å². The predicted octanol–water partition coefficient (Wildman–Crippen LogP) is 2.57. The summed E-state index contributed by atoms with van der Waals surface area (Å²) >= 11 is 0. The van der Waals surface area contributed by atoms with Crippen LogP contribution in [0.15, 0.2) is 0 Å². The molecule has 2 fully saturated rings. The van der Waals surface area contributed by atoms with Crippen LogP contribution in [0, 0.1) is 5.92 Å². The minimum atomic E-state index is 0.770. The van der Waals surface area contributed by atoms with Crippen molar-refractivity contribution in [1.82, 2.24) is 15.1 Å². The van der Waals surface area contributed by atoms with Gasteiger partial charge in [-0.05, 0) is 78.3 Å². The van der Waals surface area contributed by atoms with Gasteiger partial charge in [-0.2, -0.15) is 0 Å². The van der Waals surface area contributed by atoms with E-state index in [1.807, 2.05) is 0 Å². The van der Waals surface area contributed by atoms with Crippen LogP contribution < -0.4 is 5.32 Å². The number of unbranched alkanes of at least 4 members (excludes halogenated alkanes) is 1. The molecule has 0 aromatic heterocycles. The lowest BCUT2D eigenvalue weighted by molar-refractivity contribution is 0.202. The van der Waals surface area contributed by atoms with Crippen LogP contribution in [0.3, 0.4) is 0 Å². The Labute approximate surface area is 126 Å². The Kier molecular flexibility index (Phi) is 7.32. The van der Waals surface area contributed by atoms with E-state index in [1.165, 1.54) is 84.1 Å². The molecular weight excluding hydrogens is 246 g/mol. The molecule has 3 heteroatoms. The summed E-state index contributed by atoms with van der Waals surface area (Å²) in [6, 6.07) is 0.770. The molecule has 1 saturated carbocycles. The topological polar surface area (TPSA) is 18.5 Å². The van der Waals surface area contributed by atoms with Gasteiger partial charge in [0.05, 0.1) is 0 Å². The molecule has 1 aliphatic heterocycles. The summed E-state index contributed by atoms with van der Waals surface area (Å²) in [5.41, 5.74) is 0. The van der Waals surface area contributed by atoms with E-state index >= 15 is 0 Å². The second-order valence-corrected chi connectivity index (χ2v) is 7.12. The zero-order valence-corrected chi connectivity index (χ0v) is 13.7. The van der Waals surface area contributed by atoms with Crippen molar-refractivity contribution in [1.29, 1.82) is 0 Å². The third kappa shape index (κ3) is 5.71. The van der Waals surface area contributed by atoms with E-state index in [4.69, 9.17) is 0 Å². The Bertz CT molecular complexity index is 249. The molecule has 1 saturated heterocycles. The van der Waals surface area contributed by atoms with Gasteiger partial charge in [-0.15, -0.1) is 0 Å². The largest absolute Gasteiger partial charge is 0.312 e. The molecule has 1 N–H and O–H groups in total. The molecule has 1 aliphatic carbocycles. The second-order valence-electron chi connectivity index (χ2n) is 7.12. The van der Waals surface area contributed by atoms with E-state index in [9.17, 15) is 0 Å².